The van der Waals surface area contributed by atoms with Gasteiger partial charge in [-0.15, -0.1) is 0 Å². The Morgan fingerprint density at radius 2 is 1.43 bits per heavy atom. The van der Waals surface area contributed by atoms with Gasteiger partial charge in [-0.2, -0.15) is 0 Å². The van der Waals surface area contributed by atoms with Crippen LogP contribution in [-0.4, -0.2) is 23.8 Å². The van der Waals surface area contributed by atoms with Crippen LogP contribution in [0.25, 0.3) is 0 Å². The van der Waals surface area contributed by atoms with Gasteiger partial charge in [-0.05, 0) is 30.3 Å². The zero-order chi connectivity index (χ0) is 19.9. The average Bonchev–Trinajstić information content (AvgIpc) is 2.72. The standard InChI is InChI=1S/C23H21NO4/c1-17(25)24(16-18-10-6-8-14-21(18)27-2)23(26)20-13-7-9-15-22(20)28-19-11-4-3-5-12-19/h3-15H,16H2,1-2H3. The van der Waals surface area contributed by atoms with Gasteiger partial charge in [0.1, 0.15) is 17.2 Å². The number of carbonyl (C=O) groups excluding carboxylic acids is 2. The fourth-order valence-corrected chi connectivity index (χ4v) is 2.82. The molecule has 0 N–H and O–H groups in total. The summed E-state index contributed by atoms with van der Waals surface area (Å²) >= 11 is 0. The lowest BCUT2D eigenvalue weighted by Crippen LogP contribution is -2.35. The van der Waals surface area contributed by atoms with E-state index in [2.05, 4.69) is 0 Å². The van der Waals surface area contributed by atoms with Gasteiger partial charge < -0.3 is 9.47 Å². The molecule has 0 aliphatic carbocycles. The molecule has 0 saturated carbocycles. The SMILES string of the molecule is COc1ccccc1CN(C(C)=O)C(=O)c1ccccc1Oc1ccccc1. The number of hydrogen-bond donors (Lipinski definition) is 0. The van der Waals surface area contributed by atoms with E-state index in [0.717, 1.165) is 5.56 Å². The number of benzene rings is 3. The van der Waals surface area contributed by atoms with E-state index in [1.807, 2.05) is 36.4 Å². The number of nitrogens with zero attached hydrogens (tertiary/aromatic N) is 1. The van der Waals surface area contributed by atoms with Gasteiger partial charge in [-0.3, -0.25) is 14.5 Å². The van der Waals surface area contributed by atoms with E-state index in [1.54, 1.807) is 49.6 Å². The fraction of sp³-hybridized carbons (Fsp3) is 0.130. The van der Waals surface area contributed by atoms with Crippen LogP contribution in [0.1, 0.15) is 22.8 Å². The summed E-state index contributed by atoms with van der Waals surface area (Å²) in [4.78, 5) is 26.6. The molecule has 3 aromatic carbocycles. The molecule has 0 unspecified atom stereocenters. The first-order chi connectivity index (χ1) is 13.6. The number of ether oxygens (including phenoxy) is 2. The summed E-state index contributed by atoms with van der Waals surface area (Å²) in [5.74, 6) is 0.845. The molecular formula is C23H21NO4. The lowest BCUT2D eigenvalue weighted by atomic mass is 10.1. The molecule has 2 amide bonds. The maximum atomic E-state index is 13.2. The van der Waals surface area contributed by atoms with Crippen LogP contribution in [-0.2, 0) is 11.3 Å². The number of carbonyl (C=O) groups is 2. The summed E-state index contributed by atoms with van der Waals surface area (Å²) in [6.45, 7) is 1.48. The van der Waals surface area contributed by atoms with Gasteiger partial charge in [-0.1, -0.05) is 48.5 Å². The zero-order valence-electron chi connectivity index (χ0n) is 15.8. The van der Waals surface area contributed by atoms with Gasteiger partial charge in [-0.25, -0.2) is 0 Å². The summed E-state index contributed by atoms with van der Waals surface area (Å²) in [5.41, 5.74) is 1.06. The molecule has 5 heteroatoms. The van der Waals surface area contributed by atoms with Crippen molar-refractivity contribution in [2.45, 2.75) is 13.5 Å². The van der Waals surface area contributed by atoms with Gasteiger partial charge in [0.15, 0.2) is 0 Å². The first kappa shape index (κ1) is 19.2. The van der Waals surface area contributed by atoms with Crippen LogP contribution in [0, 0.1) is 0 Å². The van der Waals surface area contributed by atoms with E-state index in [4.69, 9.17) is 9.47 Å². The second kappa shape index (κ2) is 8.86. The number of amides is 2. The second-order valence-corrected chi connectivity index (χ2v) is 6.13. The molecule has 0 fully saturated rings. The average molecular weight is 375 g/mol. The third-order valence-corrected chi connectivity index (χ3v) is 4.23. The van der Waals surface area contributed by atoms with Gasteiger partial charge in [0.25, 0.3) is 5.91 Å². The van der Waals surface area contributed by atoms with E-state index in [-0.39, 0.29) is 12.5 Å². The van der Waals surface area contributed by atoms with E-state index < -0.39 is 5.91 Å². The molecular weight excluding hydrogens is 354 g/mol. The number of rotatable bonds is 6. The van der Waals surface area contributed by atoms with Crippen molar-refractivity contribution in [3.63, 3.8) is 0 Å². The minimum absolute atomic E-state index is 0.109. The fourth-order valence-electron chi connectivity index (χ4n) is 2.82. The Morgan fingerprint density at radius 1 is 0.821 bits per heavy atom. The van der Waals surface area contributed by atoms with Gasteiger partial charge in [0, 0.05) is 12.5 Å². The topological polar surface area (TPSA) is 55.8 Å². The first-order valence-electron chi connectivity index (χ1n) is 8.86. The number of hydrogen-bond acceptors (Lipinski definition) is 4. The van der Waals surface area contributed by atoms with Crippen LogP contribution >= 0.6 is 0 Å². The maximum absolute atomic E-state index is 13.2. The zero-order valence-corrected chi connectivity index (χ0v) is 15.8. The Hall–Kier alpha value is -3.60. The highest BCUT2D eigenvalue weighted by Gasteiger charge is 2.24. The Morgan fingerprint density at radius 3 is 2.11 bits per heavy atom. The van der Waals surface area contributed by atoms with Gasteiger partial charge in [0.05, 0.1) is 19.2 Å². The molecule has 0 radical (unpaired) electrons. The van der Waals surface area contributed by atoms with E-state index in [0.29, 0.717) is 22.8 Å². The smallest absolute Gasteiger partial charge is 0.264 e. The lowest BCUT2D eigenvalue weighted by Gasteiger charge is -2.22. The van der Waals surface area contributed by atoms with Crippen molar-refractivity contribution in [1.82, 2.24) is 4.90 Å². The predicted octanol–water partition coefficient (Wildman–Crippen LogP) is 4.68. The van der Waals surface area contributed by atoms with Crippen LogP contribution in [0.3, 0.4) is 0 Å². The highest BCUT2D eigenvalue weighted by Crippen LogP contribution is 2.27. The minimum Gasteiger partial charge on any atom is -0.496 e. The van der Waals surface area contributed by atoms with Crippen LogP contribution in [0.2, 0.25) is 0 Å². The normalized spacial score (nSPS) is 10.2. The summed E-state index contributed by atoms with van der Waals surface area (Å²) < 4.78 is 11.2. The molecule has 142 valence electrons. The first-order valence-corrected chi connectivity index (χ1v) is 8.86. The molecule has 0 aromatic heterocycles. The Bertz CT molecular complexity index is 969. The molecule has 3 aromatic rings. The molecule has 28 heavy (non-hydrogen) atoms. The van der Waals surface area contributed by atoms with Crippen molar-refractivity contribution < 1.29 is 19.1 Å². The third-order valence-electron chi connectivity index (χ3n) is 4.23. The largest absolute Gasteiger partial charge is 0.496 e. The van der Waals surface area contributed by atoms with Crippen molar-refractivity contribution in [2.24, 2.45) is 0 Å². The molecule has 3 rings (SSSR count). The molecule has 0 bridgehead atoms. The molecule has 0 aliphatic rings. The quantitative estimate of drug-likeness (QED) is 0.628. The molecule has 0 heterocycles. The number of imide groups is 1. The summed E-state index contributed by atoms with van der Waals surface area (Å²) in [6.07, 6.45) is 0. The van der Waals surface area contributed by atoms with Crippen LogP contribution < -0.4 is 9.47 Å². The van der Waals surface area contributed by atoms with Gasteiger partial charge >= 0.3 is 0 Å². The van der Waals surface area contributed by atoms with Crippen molar-refractivity contribution >= 4 is 11.8 Å². The highest BCUT2D eigenvalue weighted by atomic mass is 16.5. The maximum Gasteiger partial charge on any atom is 0.264 e. The molecule has 0 saturated heterocycles. The van der Waals surface area contributed by atoms with Crippen LogP contribution in [0.5, 0.6) is 17.2 Å². The van der Waals surface area contributed by atoms with Crippen LogP contribution in [0.15, 0.2) is 78.9 Å². The summed E-state index contributed by atoms with van der Waals surface area (Å²) in [7, 11) is 1.56. The number of para-hydroxylation sites is 3. The van der Waals surface area contributed by atoms with E-state index in [9.17, 15) is 9.59 Å². The summed E-state index contributed by atoms with van der Waals surface area (Å²) in [5, 5.41) is 0. The predicted molar refractivity (Wildman–Crippen MR) is 107 cm³/mol. The van der Waals surface area contributed by atoms with Crippen molar-refractivity contribution in [3.05, 3.63) is 90.0 Å². The number of methoxy groups -OCH3 is 1. The Kier molecular flexibility index (Phi) is 6.07. The Balaban J connectivity index is 1.91. The Labute approximate surface area is 164 Å². The van der Waals surface area contributed by atoms with Crippen LogP contribution in [0.4, 0.5) is 0 Å². The van der Waals surface area contributed by atoms with Gasteiger partial charge in [0.2, 0.25) is 5.91 Å². The third kappa shape index (κ3) is 4.38. The monoisotopic (exact) mass is 375 g/mol. The minimum atomic E-state index is -0.426. The molecule has 0 atom stereocenters. The van der Waals surface area contributed by atoms with Crippen molar-refractivity contribution in [1.29, 1.82) is 0 Å². The second-order valence-electron chi connectivity index (χ2n) is 6.13. The lowest BCUT2D eigenvalue weighted by molar-refractivity contribution is -0.126. The molecule has 0 aliphatic heterocycles. The molecule has 5 nitrogen and oxygen atoms in total. The van der Waals surface area contributed by atoms with Crippen molar-refractivity contribution in [2.75, 3.05) is 7.11 Å². The molecule has 0 spiro atoms. The van der Waals surface area contributed by atoms with Crippen molar-refractivity contribution in [3.8, 4) is 17.2 Å². The van der Waals surface area contributed by atoms with E-state index >= 15 is 0 Å². The highest BCUT2D eigenvalue weighted by molar-refractivity contribution is 6.05. The summed E-state index contributed by atoms with van der Waals surface area (Å²) in [6, 6.07) is 23.4. The van der Waals surface area contributed by atoms with E-state index in [1.165, 1.54) is 11.8 Å².